The first kappa shape index (κ1) is 25.2. The first-order valence-electron chi connectivity index (χ1n) is 10.9. The number of carbonyl (C=O) groups is 3. The SMILES string of the molecule is COc1ccc(OC)c(C=CC(=O)N2CCCN2C(=O)CCNC(=O)c2ccc([N+](=O)[O-])cc2)c1. The smallest absolute Gasteiger partial charge is 0.269 e. The second-order valence-electron chi connectivity index (χ2n) is 7.58. The zero-order valence-electron chi connectivity index (χ0n) is 19.4. The van der Waals surface area contributed by atoms with Crippen LogP contribution in [0.2, 0.25) is 0 Å². The maximum absolute atomic E-state index is 12.8. The molecule has 1 aliphatic rings. The van der Waals surface area contributed by atoms with Crippen LogP contribution < -0.4 is 14.8 Å². The Bertz CT molecular complexity index is 1130. The Labute approximate surface area is 202 Å². The Kier molecular flexibility index (Phi) is 8.38. The molecule has 2 aromatic carbocycles. The number of hydrogen-bond donors (Lipinski definition) is 1. The van der Waals surface area contributed by atoms with Gasteiger partial charge in [-0.25, -0.2) is 5.01 Å². The highest BCUT2D eigenvalue weighted by Crippen LogP contribution is 2.25. The number of methoxy groups -OCH3 is 2. The number of amides is 3. The van der Waals surface area contributed by atoms with Crippen molar-refractivity contribution in [1.29, 1.82) is 0 Å². The molecule has 1 fully saturated rings. The summed E-state index contributed by atoms with van der Waals surface area (Å²) in [5.74, 6) is 0.0969. The third kappa shape index (κ3) is 6.34. The van der Waals surface area contributed by atoms with Crippen molar-refractivity contribution < 1.29 is 28.8 Å². The zero-order chi connectivity index (χ0) is 25.4. The second kappa shape index (κ2) is 11.6. The second-order valence-corrected chi connectivity index (χ2v) is 7.58. The number of carbonyl (C=O) groups excluding carboxylic acids is 3. The summed E-state index contributed by atoms with van der Waals surface area (Å²) in [6.07, 6.45) is 3.62. The van der Waals surface area contributed by atoms with Gasteiger partial charge in [-0.15, -0.1) is 0 Å². The molecule has 0 atom stereocenters. The average molecular weight is 482 g/mol. The fraction of sp³-hybridized carbons (Fsp3) is 0.292. The lowest BCUT2D eigenvalue weighted by atomic mass is 10.1. The van der Waals surface area contributed by atoms with Gasteiger partial charge < -0.3 is 14.8 Å². The molecule has 184 valence electrons. The number of ether oxygens (including phenoxy) is 2. The number of nitrogens with one attached hydrogen (secondary N) is 1. The van der Waals surface area contributed by atoms with Gasteiger partial charge in [0.25, 0.3) is 17.5 Å². The molecule has 0 unspecified atom stereocenters. The molecule has 11 heteroatoms. The summed E-state index contributed by atoms with van der Waals surface area (Å²) in [5, 5.41) is 16.1. The number of nitro groups is 1. The highest BCUT2D eigenvalue weighted by Gasteiger charge is 2.29. The third-order valence-electron chi connectivity index (χ3n) is 5.38. The Morgan fingerprint density at radius 2 is 1.77 bits per heavy atom. The highest BCUT2D eigenvalue weighted by molar-refractivity contribution is 5.95. The largest absolute Gasteiger partial charge is 0.497 e. The summed E-state index contributed by atoms with van der Waals surface area (Å²) < 4.78 is 10.5. The first-order chi connectivity index (χ1) is 16.8. The van der Waals surface area contributed by atoms with Crippen molar-refractivity contribution in [2.45, 2.75) is 12.8 Å². The lowest BCUT2D eigenvalue weighted by Gasteiger charge is -2.27. The van der Waals surface area contributed by atoms with Gasteiger partial charge in [0.05, 0.1) is 19.1 Å². The summed E-state index contributed by atoms with van der Waals surface area (Å²) in [6.45, 7) is 0.862. The van der Waals surface area contributed by atoms with E-state index in [-0.39, 0.29) is 36.0 Å². The molecular weight excluding hydrogens is 456 g/mol. The zero-order valence-corrected chi connectivity index (χ0v) is 19.4. The number of hydrazine groups is 1. The topological polar surface area (TPSA) is 131 Å². The average Bonchev–Trinajstić information content (AvgIpc) is 3.37. The molecule has 0 aromatic heterocycles. The first-order valence-corrected chi connectivity index (χ1v) is 10.9. The molecule has 11 nitrogen and oxygen atoms in total. The van der Waals surface area contributed by atoms with Crippen LogP contribution in [0.3, 0.4) is 0 Å². The van der Waals surface area contributed by atoms with Crippen LogP contribution in [0.5, 0.6) is 11.5 Å². The summed E-state index contributed by atoms with van der Waals surface area (Å²) in [4.78, 5) is 47.9. The fourth-order valence-electron chi connectivity index (χ4n) is 3.57. The van der Waals surface area contributed by atoms with E-state index in [9.17, 15) is 24.5 Å². The van der Waals surface area contributed by atoms with E-state index < -0.39 is 10.8 Å². The predicted molar refractivity (Wildman–Crippen MR) is 127 cm³/mol. The van der Waals surface area contributed by atoms with Gasteiger partial charge in [0, 0.05) is 55.4 Å². The standard InChI is InChI=1S/C24H26N4O7/c1-34-20-9-10-21(35-2)18(16-20)6-11-22(29)26-14-3-15-27(26)23(30)12-13-25-24(31)17-4-7-19(8-5-17)28(32)33/h4-11,16H,3,12-15H2,1-2H3,(H,25,31). The number of hydrogen-bond acceptors (Lipinski definition) is 7. The minimum Gasteiger partial charge on any atom is -0.497 e. The van der Waals surface area contributed by atoms with Gasteiger partial charge in [-0.3, -0.25) is 29.5 Å². The van der Waals surface area contributed by atoms with E-state index in [1.807, 2.05) is 0 Å². The van der Waals surface area contributed by atoms with Crippen LogP contribution in [0.1, 0.15) is 28.8 Å². The lowest BCUT2D eigenvalue weighted by Crippen LogP contribution is -2.45. The van der Waals surface area contributed by atoms with Crippen molar-refractivity contribution in [2.24, 2.45) is 0 Å². The van der Waals surface area contributed by atoms with Crippen molar-refractivity contribution in [3.63, 3.8) is 0 Å². The fourth-order valence-corrected chi connectivity index (χ4v) is 3.57. The minimum atomic E-state index is -0.550. The lowest BCUT2D eigenvalue weighted by molar-refractivity contribution is -0.384. The van der Waals surface area contributed by atoms with Crippen LogP contribution in [0.4, 0.5) is 5.69 Å². The normalized spacial score (nSPS) is 13.1. The van der Waals surface area contributed by atoms with E-state index in [4.69, 9.17) is 9.47 Å². The van der Waals surface area contributed by atoms with Crippen LogP contribution >= 0.6 is 0 Å². The van der Waals surface area contributed by atoms with E-state index in [1.165, 1.54) is 47.5 Å². The molecule has 3 amide bonds. The molecule has 2 aromatic rings. The molecule has 1 N–H and O–H groups in total. The number of non-ortho nitro benzene ring substituents is 1. The summed E-state index contributed by atoms with van der Waals surface area (Å²) in [6, 6.07) is 10.4. The number of nitro benzene ring substituents is 1. The Balaban J connectivity index is 1.55. The van der Waals surface area contributed by atoms with Crippen LogP contribution in [-0.2, 0) is 9.59 Å². The van der Waals surface area contributed by atoms with Crippen LogP contribution in [0, 0.1) is 10.1 Å². The molecule has 3 rings (SSSR count). The number of rotatable bonds is 9. The van der Waals surface area contributed by atoms with E-state index in [0.29, 0.717) is 36.6 Å². The molecule has 1 heterocycles. The Morgan fingerprint density at radius 3 is 2.43 bits per heavy atom. The van der Waals surface area contributed by atoms with Gasteiger partial charge in [-0.1, -0.05) is 0 Å². The van der Waals surface area contributed by atoms with Crippen molar-refractivity contribution in [3.8, 4) is 11.5 Å². The van der Waals surface area contributed by atoms with Crippen molar-refractivity contribution in [1.82, 2.24) is 15.3 Å². The maximum Gasteiger partial charge on any atom is 0.269 e. The van der Waals surface area contributed by atoms with Crippen LogP contribution in [-0.4, -0.2) is 66.5 Å². The summed E-state index contributed by atoms with van der Waals surface area (Å²) in [7, 11) is 3.07. The molecule has 0 spiro atoms. The number of nitrogens with zero attached hydrogens (tertiary/aromatic N) is 3. The Hall–Kier alpha value is -4.41. The molecule has 0 saturated carbocycles. The molecular formula is C24H26N4O7. The van der Waals surface area contributed by atoms with Gasteiger partial charge >= 0.3 is 0 Å². The summed E-state index contributed by atoms with van der Waals surface area (Å²) >= 11 is 0. The molecule has 0 aliphatic carbocycles. The quantitative estimate of drug-likeness (QED) is 0.330. The number of benzene rings is 2. The predicted octanol–water partition coefficient (Wildman–Crippen LogP) is 2.42. The van der Waals surface area contributed by atoms with Gasteiger partial charge in [-0.2, -0.15) is 0 Å². The van der Waals surface area contributed by atoms with E-state index in [1.54, 1.807) is 31.4 Å². The monoisotopic (exact) mass is 482 g/mol. The van der Waals surface area contributed by atoms with E-state index in [2.05, 4.69) is 5.32 Å². The van der Waals surface area contributed by atoms with Crippen LogP contribution in [0.25, 0.3) is 6.08 Å². The molecule has 0 bridgehead atoms. The highest BCUT2D eigenvalue weighted by atomic mass is 16.6. The van der Waals surface area contributed by atoms with Crippen molar-refractivity contribution in [3.05, 3.63) is 69.8 Å². The van der Waals surface area contributed by atoms with Crippen LogP contribution in [0.15, 0.2) is 48.5 Å². The Morgan fingerprint density at radius 1 is 1.06 bits per heavy atom. The van der Waals surface area contributed by atoms with Crippen molar-refractivity contribution in [2.75, 3.05) is 33.9 Å². The summed E-state index contributed by atoms with van der Waals surface area (Å²) in [5.41, 5.74) is 0.791. The minimum absolute atomic E-state index is 0.00405. The molecule has 0 radical (unpaired) electrons. The molecule has 35 heavy (non-hydrogen) atoms. The van der Waals surface area contributed by atoms with E-state index in [0.717, 1.165) is 0 Å². The van der Waals surface area contributed by atoms with Gasteiger partial charge in [0.2, 0.25) is 5.91 Å². The molecule has 1 saturated heterocycles. The van der Waals surface area contributed by atoms with Gasteiger partial charge in [0.15, 0.2) is 0 Å². The van der Waals surface area contributed by atoms with E-state index >= 15 is 0 Å². The van der Waals surface area contributed by atoms with Gasteiger partial charge in [0.1, 0.15) is 11.5 Å². The molecule has 1 aliphatic heterocycles. The van der Waals surface area contributed by atoms with Crippen molar-refractivity contribution >= 4 is 29.5 Å². The maximum atomic E-state index is 12.8. The third-order valence-corrected chi connectivity index (χ3v) is 5.38. The van der Waals surface area contributed by atoms with Gasteiger partial charge in [-0.05, 0) is 42.8 Å².